The van der Waals surface area contributed by atoms with Crippen molar-refractivity contribution < 1.29 is 4.74 Å². The number of ether oxygens (including phenoxy) is 1. The van der Waals surface area contributed by atoms with Gasteiger partial charge in [-0.1, -0.05) is 31.0 Å². The van der Waals surface area contributed by atoms with Crippen LogP contribution in [0.25, 0.3) is 0 Å². The Balaban J connectivity index is 1.67. The minimum Gasteiger partial charge on any atom is -0.485 e. The molecule has 0 radical (unpaired) electrons. The van der Waals surface area contributed by atoms with E-state index in [0.29, 0.717) is 6.04 Å². The Kier molecular flexibility index (Phi) is 3.64. The standard InChI is InChI=1S/C18H26N2O/c1-2-6-12-20(11-5-1)16-13-18(9-10-19-14-18)21-17-8-4-3-7-15(16)17/h3-4,7-8,16,19H,1-2,5-6,9-14H2. The second kappa shape index (κ2) is 5.62. The average Bonchev–Trinajstić information content (AvgIpc) is 2.79. The van der Waals surface area contributed by atoms with Crippen LogP contribution in [0.4, 0.5) is 0 Å². The monoisotopic (exact) mass is 286 g/mol. The predicted octanol–water partition coefficient (Wildman–Crippen LogP) is 3.12. The molecule has 4 rings (SSSR count). The molecule has 3 aliphatic heterocycles. The van der Waals surface area contributed by atoms with Crippen molar-refractivity contribution in [3.63, 3.8) is 0 Å². The number of fused-ring (bicyclic) bond motifs is 1. The smallest absolute Gasteiger partial charge is 0.125 e. The van der Waals surface area contributed by atoms with Crippen LogP contribution in [0.1, 0.15) is 50.1 Å². The maximum absolute atomic E-state index is 6.44. The summed E-state index contributed by atoms with van der Waals surface area (Å²) in [6.07, 6.45) is 7.79. The Labute approximate surface area is 127 Å². The van der Waals surface area contributed by atoms with Gasteiger partial charge in [-0.2, -0.15) is 0 Å². The molecule has 3 heteroatoms. The van der Waals surface area contributed by atoms with Gasteiger partial charge in [0.2, 0.25) is 0 Å². The van der Waals surface area contributed by atoms with Crippen LogP contribution in [0, 0.1) is 0 Å². The third-order valence-corrected chi connectivity index (χ3v) is 5.46. The van der Waals surface area contributed by atoms with E-state index in [0.717, 1.165) is 31.7 Å². The fourth-order valence-electron chi connectivity index (χ4n) is 4.30. The lowest BCUT2D eigenvalue weighted by atomic mass is 9.85. The zero-order valence-corrected chi connectivity index (χ0v) is 12.8. The van der Waals surface area contributed by atoms with Crippen LogP contribution in [0.2, 0.25) is 0 Å². The Morgan fingerprint density at radius 1 is 1.10 bits per heavy atom. The molecule has 1 spiro atoms. The van der Waals surface area contributed by atoms with Crippen molar-refractivity contribution in [3.05, 3.63) is 29.8 Å². The van der Waals surface area contributed by atoms with Crippen LogP contribution in [0.3, 0.4) is 0 Å². The number of rotatable bonds is 1. The average molecular weight is 286 g/mol. The van der Waals surface area contributed by atoms with E-state index in [1.165, 1.54) is 44.3 Å². The zero-order chi connectivity index (χ0) is 14.1. The van der Waals surface area contributed by atoms with Gasteiger partial charge < -0.3 is 10.1 Å². The van der Waals surface area contributed by atoms with Gasteiger partial charge >= 0.3 is 0 Å². The molecule has 1 N–H and O–H groups in total. The van der Waals surface area contributed by atoms with Crippen molar-refractivity contribution in [1.29, 1.82) is 0 Å². The van der Waals surface area contributed by atoms with Gasteiger partial charge in [0, 0.05) is 31.0 Å². The molecule has 0 aliphatic carbocycles. The van der Waals surface area contributed by atoms with E-state index in [1.807, 2.05) is 0 Å². The van der Waals surface area contributed by atoms with Gasteiger partial charge in [0.15, 0.2) is 0 Å². The molecule has 3 nitrogen and oxygen atoms in total. The zero-order valence-electron chi connectivity index (χ0n) is 12.8. The van der Waals surface area contributed by atoms with Crippen LogP contribution in [0.15, 0.2) is 24.3 Å². The van der Waals surface area contributed by atoms with Crippen LogP contribution in [-0.2, 0) is 0 Å². The van der Waals surface area contributed by atoms with E-state index in [4.69, 9.17) is 4.74 Å². The fourth-order valence-corrected chi connectivity index (χ4v) is 4.30. The minimum atomic E-state index is 0.0331. The minimum absolute atomic E-state index is 0.0331. The molecule has 0 amide bonds. The van der Waals surface area contributed by atoms with Crippen molar-refractivity contribution in [2.24, 2.45) is 0 Å². The first-order valence-corrected chi connectivity index (χ1v) is 8.59. The van der Waals surface area contributed by atoms with Crippen LogP contribution in [-0.4, -0.2) is 36.7 Å². The summed E-state index contributed by atoms with van der Waals surface area (Å²) in [6.45, 7) is 4.60. The van der Waals surface area contributed by atoms with Gasteiger partial charge in [0.25, 0.3) is 0 Å². The maximum atomic E-state index is 6.44. The van der Waals surface area contributed by atoms with Crippen LogP contribution >= 0.6 is 0 Å². The topological polar surface area (TPSA) is 24.5 Å². The summed E-state index contributed by atoms with van der Waals surface area (Å²) in [7, 11) is 0. The fraction of sp³-hybridized carbons (Fsp3) is 0.667. The number of nitrogens with one attached hydrogen (secondary N) is 1. The largest absolute Gasteiger partial charge is 0.485 e. The number of para-hydroxylation sites is 1. The first-order chi connectivity index (χ1) is 10.4. The van der Waals surface area contributed by atoms with Crippen molar-refractivity contribution in [2.45, 2.75) is 50.2 Å². The highest BCUT2D eigenvalue weighted by Gasteiger charge is 2.44. The summed E-state index contributed by atoms with van der Waals surface area (Å²) in [5, 5.41) is 3.51. The highest BCUT2D eigenvalue weighted by molar-refractivity contribution is 5.39. The molecule has 1 aromatic rings. The number of hydrogen-bond acceptors (Lipinski definition) is 3. The quantitative estimate of drug-likeness (QED) is 0.858. The number of nitrogens with zero attached hydrogens (tertiary/aromatic N) is 1. The Morgan fingerprint density at radius 2 is 1.90 bits per heavy atom. The van der Waals surface area contributed by atoms with Gasteiger partial charge in [-0.25, -0.2) is 0 Å². The molecule has 0 bridgehead atoms. The Hall–Kier alpha value is -1.06. The predicted molar refractivity (Wildman–Crippen MR) is 84.7 cm³/mol. The van der Waals surface area contributed by atoms with E-state index >= 15 is 0 Å². The van der Waals surface area contributed by atoms with Gasteiger partial charge in [-0.15, -0.1) is 0 Å². The summed E-state index contributed by atoms with van der Waals surface area (Å²) in [5.74, 6) is 1.13. The normalized spacial score (nSPS) is 33.4. The third kappa shape index (κ3) is 2.58. The lowest BCUT2D eigenvalue weighted by Crippen LogP contribution is -2.47. The molecule has 0 aromatic heterocycles. The summed E-state index contributed by atoms with van der Waals surface area (Å²) in [6, 6.07) is 9.27. The first kappa shape index (κ1) is 13.6. The van der Waals surface area contributed by atoms with Gasteiger partial charge in [0.05, 0.1) is 0 Å². The molecule has 3 aliphatic rings. The number of likely N-dealkylation sites (tertiary alicyclic amines) is 1. The van der Waals surface area contributed by atoms with Gasteiger partial charge in [-0.3, -0.25) is 4.90 Å². The lowest BCUT2D eigenvalue weighted by Gasteiger charge is -2.43. The molecule has 1 aromatic carbocycles. The van der Waals surface area contributed by atoms with Crippen molar-refractivity contribution in [3.8, 4) is 5.75 Å². The molecule has 2 fully saturated rings. The SMILES string of the molecule is c1ccc2c(c1)OC1(CCNC1)CC2N1CCCCCC1. The summed E-state index contributed by atoms with van der Waals surface area (Å²) < 4.78 is 6.44. The molecular formula is C18H26N2O. The lowest BCUT2D eigenvalue weighted by molar-refractivity contribution is 0.0175. The Bertz CT molecular complexity index is 488. The molecular weight excluding hydrogens is 260 g/mol. The molecule has 2 saturated heterocycles. The molecule has 2 unspecified atom stereocenters. The van der Waals surface area contributed by atoms with Gasteiger partial charge in [0.1, 0.15) is 11.4 Å². The van der Waals surface area contributed by atoms with Gasteiger partial charge in [-0.05, 0) is 38.5 Å². The summed E-state index contributed by atoms with van der Waals surface area (Å²) in [4.78, 5) is 2.73. The second-order valence-electron chi connectivity index (χ2n) is 6.92. The molecule has 2 atom stereocenters. The van der Waals surface area contributed by atoms with Crippen molar-refractivity contribution in [2.75, 3.05) is 26.2 Å². The van der Waals surface area contributed by atoms with Crippen LogP contribution < -0.4 is 10.1 Å². The molecule has 3 heterocycles. The number of benzene rings is 1. The number of hydrogen-bond donors (Lipinski definition) is 1. The molecule has 114 valence electrons. The highest BCUT2D eigenvalue weighted by atomic mass is 16.5. The maximum Gasteiger partial charge on any atom is 0.125 e. The third-order valence-electron chi connectivity index (χ3n) is 5.46. The second-order valence-corrected chi connectivity index (χ2v) is 6.92. The van der Waals surface area contributed by atoms with E-state index in [1.54, 1.807) is 0 Å². The van der Waals surface area contributed by atoms with E-state index in [9.17, 15) is 0 Å². The first-order valence-electron chi connectivity index (χ1n) is 8.59. The molecule has 21 heavy (non-hydrogen) atoms. The van der Waals surface area contributed by atoms with Crippen LogP contribution in [0.5, 0.6) is 5.75 Å². The van der Waals surface area contributed by atoms with E-state index < -0.39 is 0 Å². The highest BCUT2D eigenvalue weighted by Crippen LogP contribution is 2.45. The summed E-state index contributed by atoms with van der Waals surface area (Å²) in [5.41, 5.74) is 1.45. The van der Waals surface area contributed by atoms with Crippen molar-refractivity contribution in [1.82, 2.24) is 10.2 Å². The van der Waals surface area contributed by atoms with E-state index in [-0.39, 0.29) is 5.60 Å². The van der Waals surface area contributed by atoms with E-state index in [2.05, 4.69) is 34.5 Å². The summed E-state index contributed by atoms with van der Waals surface area (Å²) >= 11 is 0. The molecule has 0 saturated carbocycles. The Morgan fingerprint density at radius 3 is 2.67 bits per heavy atom. The van der Waals surface area contributed by atoms with Crippen molar-refractivity contribution >= 4 is 0 Å².